The van der Waals surface area contributed by atoms with E-state index < -0.39 is 49.8 Å². The molecule has 11 nitrogen and oxygen atoms in total. The quantitative estimate of drug-likeness (QED) is 0.164. The Balaban J connectivity index is 3.48. The smallest absolute Gasteiger partial charge is 0.253 e. The lowest BCUT2D eigenvalue weighted by Gasteiger charge is -2.20. The van der Waals surface area contributed by atoms with E-state index >= 15 is 0 Å². The van der Waals surface area contributed by atoms with Crippen molar-refractivity contribution in [3.8, 4) is 0 Å². The fourth-order valence-electron chi connectivity index (χ4n) is 2.08. The Morgan fingerprint density at radius 3 is 1.50 bits per heavy atom. The number of hydrogen-bond acceptors (Lipinski definition) is 8. The van der Waals surface area contributed by atoms with Crippen molar-refractivity contribution in [1.82, 2.24) is 10.6 Å². The van der Waals surface area contributed by atoms with Gasteiger partial charge in [-0.25, -0.2) is 0 Å². The van der Waals surface area contributed by atoms with E-state index in [9.17, 15) is 24.6 Å². The number of anilines is 1. The summed E-state index contributed by atoms with van der Waals surface area (Å²) < 4.78 is 0.132. The van der Waals surface area contributed by atoms with Crippen molar-refractivity contribution in [2.45, 2.75) is 12.2 Å². The molecule has 0 aromatic heterocycles. The van der Waals surface area contributed by atoms with Crippen molar-refractivity contribution in [3.63, 3.8) is 0 Å². The molecule has 1 rings (SSSR count). The van der Waals surface area contributed by atoms with Crippen LogP contribution < -0.4 is 16.0 Å². The van der Waals surface area contributed by atoms with Crippen molar-refractivity contribution in [3.05, 3.63) is 24.5 Å². The van der Waals surface area contributed by atoms with Crippen LogP contribution in [-0.4, -0.2) is 88.4 Å². The van der Waals surface area contributed by atoms with Crippen molar-refractivity contribution in [2.75, 3.05) is 38.2 Å². The average Bonchev–Trinajstić information content (AvgIpc) is 2.72. The highest BCUT2D eigenvalue weighted by molar-refractivity contribution is 9.11. The molecule has 0 heterocycles. The van der Waals surface area contributed by atoms with E-state index in [-0.39, 0.29) is 43.3 Å². The molecule has 1 aromatic rings. The van der Waals surface area contributed by atoms with Gasteiger partial charge < -0.3 is 41.5 Å². The number of carbonyl (C=O) groups is 3. The van der Waals surface area contributed by atoms with Gasteiger partial charge in [0.05, 0.1) is 51.2 Å². The number of amides is 3. The monoisotopic (exact) mass is 619 g/mol. The number of hydrogen-bond donors (Lipinski definition) is 8. The van der Waals surface area contributed by atoms with E-state index in [0.717, 1.165) is 0 Å². The third-order valence-electron chi connectivity index (χ3n) is 3.60. The summed E-state index contributed by atoms with van der Waals surface area (Å²) in [5.41, 5.74) is -0.271. The predicted octanol–water partition coefficient (Wildman–Crippen LogP) is -0.929. The highest BCUT2D eigenvalue weighted by Crippen LogP contribution is 2.42. The lowest BCUT2D eigenvalue weighted by molar-refractivity contribution is -0.118. The van der Waals surface area contributed by atoms with E-state index in [0.29, 0.717) is 0 Å². The summed E-state index contributed by atoms with van der Waals surface area (Å²) in [6, 6.07) is 0. The molecule has 168 valence electrons. The number of carbonyl (C=O) groups excluding carboxylic acids is 3. The van der Waals surface area contributed by atoms with E-state index in [1.54, 1.807) is 0 Å². The maximum absolute atomic E-state index is 12.7. The minimum Gasteiger partial charge on any atom is -0.394 e. The second-order valence-electron chi connectivity index (χ2n) is 5.87. The van der Waals surface area contributed by atoms with E-state index in [4.69, 9.17) is 15.3 Å². The minimum atomic E-state index is -1.21. The summed E-state index contributed by atoms with van der Waals surface area (Å²) in [6.07, 6.45) is -2.42. The average molecular weight is 622 g/mol. The van der Waals surface area contributed by atoms with Gasteiger partial charge in [-0.05, 0) is 47.8 Å². The van der Waals surface area contributed by atoms with Crippen molar-refractivity contribution in [2.24, 2.45) is 0 Å². The zero-order valence-corrected chi connectivity index (χ0v) is 20.0. The SMILES string of the molecule is O=C(CO)Nc1c(Br)c(C(=O)NCC(O)CO)c(Br)c(C(=O)NCC(O)CO)c1Br. The van der Waals surface area contributed by atoms with E-state index in [1.165, 1.54) is 0 Å². The first-order chi connectivity index (χ1) is 14.1. The Morgan fingerprint density at radius 1 is 0.767 bits per heavy atom. The van der Waals surface area contributed by atoms with Crippen LogP contribution in [0.2, 0.25) is 0 Å². The van der Waals surface area contributed by atoms with E-state index in [1.807, 2.05) is 0 Å². The van der Waals surface area contributed by atoms with Crippen molar-refractivity contribution < 1.29 is 39.9 Å². The van der Waals surface area contributed by atoms with Gasteiger partial charge in [-0.2, -0.15) is 0 Å². The molecule has 0 fully saturated rings. The Labute approximate surface area is 196 Å². The molecule has 2 atom stereocenters. The number of aliphatic hydroxyl groups excluding tert-OH is 5. The summed E-state index contributed by atoms with van der Waals surface area (Å²) in [4.78, 5) is 37.0. The van der Waals surface area contributed by atoms with Gasteiger partial charge >= 0.3 is 0 Å². The minimum absolute atomic E-state index is 0.00947. The topological polar surface area (TPSA) is 188 Å². The number of halogens is 3. The molecular formula is C16H20Br3N3O8. The van der Waals surface area contributed by atoms with Crippen molar-refractivity contribution in [1.29, 1.82) is 0 Å². The first-order valence-electron chi connectivity index (χ1n) is 8.34. The van der Waals surface area contributed by atoms with E-state index in [2.05, 4.69) is 63.7 Å². The molecule has 3 amide bonds. The second kappa shape index (κ2) is 12.7. The van der Waals surface area contributed by atoms with Gasteiger partial charge in [0.1, 0.15) is 6.61 Å². The predicted molar refractivity (Wildman–Crippen MR) is 116 cm³/mol. The fraction of sp³-hybridized carbons (Fsp3) is 0.438. The van der Waals surface area contributed by atoms with Crippen LogP contribution >= 0.6 is 47.8 Å². The Hall–Kier alpha value is -1.13. The first kappa shape index (κ1) is 26.9. The lowest BCUT2D eigenvalue weighted by Crippen LogP contribution is -2.36. The van der Waals surface area contributed by atoms with Crippen LogP contribution in [0.25, 0.3) is 0 Å². The Kier molecular flexibility index (Phi) is 11.4. The third kappa shape index (κ3) is 6.95. The molecule has 30 heavy (non-hydrogen) atoms. The summed E-state index contributed by atoms with van der Waals surface area (Å²) in [5.74, 6) is -2.32. The molecule has 0 saturated heterocycles. The first-order valence-corrected chi connectivity index (χ1v) is 10.7. The van der Waals surface area contributed by atoms with Gasteiger partial charge in [0.2, 0.25) is 5.91 Å². The molecule has 2 unspecified atom stereocenters. The van der Waals surface area contributed by atoms with Crippen LogP contribution in [0.1, 0.15) is 20.7 Å². The lowest BCUT2D eigenvalue weighted by atomic mass is 10.1. The molecule has 0 bridgehead atoms. The van der Waals surface area contributed by atoms with Gasteiger partial charge in [-0.3, -0.25) is 14.4 Å². The second-order valence-corrected chi connectivity index (χ2v) is 8.25. The highest BCUT2D eigenvalue weighted by atomic mass is 79.9. The van der Waals surface area contributed by atoms with Gasteiger partial charge in [-0.1, -0.05) is 0 Å². The van der Waals surface area contributed by atoms with Crippen LogP contribution in [0.3, 0.4) is 0 Å². The Bertz CT molecular complexity index is 755. The van der Waals surface area contributed by atoms with Crippen LogP contribution in [0, 0.1) is 0 Å². The largest absolute Gasteiger partial charge is 0.394 e. The molecule has 0 spiro atoms. The molecule has 0 aliphatic rings. The number of benzene rings is 1. The third-order valence-corrected chi connectivity index (χ3v) is 5.98. The summed E-state index contributed by atoms with van der Waals surface area (Å²) in [7, 11) is 0. The molecule has 14 heteroatoms. The summed E-state index contributed by atoms with van der Waals surface area (Å²) in [6.45, 7) is -2.59. The highest BCUT2D eigenvalue weighted by Gasteiger charge is 2.29. The zero-order valence-electron chi connectivity index (χ0n) is 15.3. The summed E-state index contributed by atoms with van der Waals surface area (Å²) in [5, 5.41) is 52.8. The maximum atomic E-state index is 12.7. The summed E-state index contributed by atoms with van der Waals surface area (Å²) >= 11 is 9.56. The zero-order chi connectivity index (χ0) is 23.0. The standard InChI is InChI=1S/C16H20Br3N3O8/c17-11-9(15(29)20-1-6(26)3-23)12(18)14(22-8(28)5-25)13(19)10(11)16(30)21-2-7(27)4-24/h6-7,23-27H,1-5H2,(H,20,29)(H,21,30)(H,22,28). The van der Waals surface area contributed by atoms with Crippen LogP contribution in [0.5, 0.6) is 0 Å². The van der Waals surface area contributed by atoms with Gasteiger partial charge in [0.15, 0.2) is 0 Å². The molecular weight excluding hydrogens is 602 g/mol. The molecule has 8 N–H and O–H groups in total. The van der Waals surface area contributed by atoms with Gasteiger partial charge in [-0.15, -0.1) is 0 Å². The van der Waals surface area contributed by atoms with Gasteiger partial charge in [0.25, 0.3) is 11.8 Å². The fourth-order valence-corrected chi connectivity index (χ4v) is 4.98. The maximum Gasteiger partial charge on any atom is 0.253 e. The van der Waals surface area contributed by atoms with Crippen LogP contribution in [0.15, 0.2) is 13.4 Å². The van der Waals surface area contributed by atoms with Crippen LogP contribution in [-0.2, 0) is 4.79 Å². The molecule has 0 aliphatic carbocycles. The van der Waals surface area contributed by atoms with Crippen molar-refractivity contribution >= 4 is 71.2 Å². The van der Waals surface area contributed by atoms with Gasteiger partial charge in [0, 0.05) is 17.6 Å². The number of nitrogens with one attached hydrogen (secondary N) is 3. The molecule has 0 radical (unpaired) electrons. The molecule has 0 saturated carbocycles. The number of rotatable bonds is 10. The van der Waals surface area contributed by atoms with Crippen LogP contribution in [0.4, 0.5) is 5.69 Å². The Morgan fingerprint density at radius 2 is 1.17 bits per heavy atom. The molecule has 1 aromatic carbocycles. The normalized spacial score (nSPS) is 12.8. The number of aliphatic hydroxyl groups is 5. The molecule has 0 aliphatic heterocycles.